The molecule has 0 saturated carbocycles. The Bertz CT molecular complexity index is 900. The van der Waals surface area contributed by atoms with Gasteiger partial charge in [0.25, 0.3) is 0 Å². The predicted octanol–water partition coefficient (Wildman–Crippen LogP) is 0.452. The molecule has 1 N–H and O–H groups in total. The van der Waals surface area contributed by atoms with Crippen LogP contribution in [0.1, 0.15) is 13.8 Å². The van der Waals surface area contributed by atoms with Crippen molar-refractivity contribution in [2.24, 2.45) is 0 Å². The number of imidazole rings is 1. The highest BCUT2D eigenvalue weighted by Gasteiger charge is 2.26. The fraction of sp³-hybridized carbons (Fsp3) is 0.588. The van der Waals surface area contributed by atoms with Crippen LogP contribution in [0.5, 0.6) is 0 Å². The van der Waals surface area contributed by atoms with Gasteiger partial charge in [-0.2, -0.15) is 9.97 Å². The molecule has 0 radical (unpaired) electrons. The number of aromatic nitrogens is 4. The van der Waals surface area contributed by atoms with Gasteiger partial charge in [-0.25, -0.2) is 4.98 Å². The molecule has 11 heteroatoms. The van der Waals surface area contributed by atoms with Gasteiger partial charge in [-0.05, 0) is 15.9 Å². The standard InChI is InChI=1S/C17H23BrN8O2/c1-11(27)23-3-7-25(8-4-23)15-13-14(20-16(18)19-13)21-17(22-15)26-9-5-24(6-10-26)12(2)28/h3-10H2,1-2H3,(H,19,20,21,22). The second kappa shape index (κ2) is 7.53. The number of anilines is 2. The Balaban J connectivity index is 1.61. The average molecular weight is 451 g/mol. The van der Waals surface area contributed by atoms with Crippen molar-refractivity contribution >= 4 is 50.7 Å². The lowest BCUT2D eigenvalue weighted by Crippen LogP contribution is -2.49. The summed E-state index contributed by atoms with van der Waals surface area (Å²) in [6.45, 7) is 8.65. The molecule has 2 fully saturated rings. The number of rotatable bonds is 2. The number of amides is 2. The molecule has 4 heterocycles. The van der Waals surface area contributed by atoms with Gasteiger partial charge in [0.1, 0.15) is 5.52 Å². The topological polar surface area (TPSA) is 102 Å². The number of nitrogens with zero attached hydrogens (tertiary/aromatic N) is 7. The van der Waals surface area contributed by atoms with Gasteiger partial charge in [0, 0.05) is 66.2 Å². The molecule has 10 nitrogen and oxygen atoms in total. The SMILES string of the molecule is CC(=O)N1CCN(c2nc(N3CCN(C(C)=O)CC3)c3[nH]c(Br)nc3n2)CC1. The lowest BCUT2D eigenvalue weighted by molar-refractivity contribution is -0.129. The summed E-state index contributed by atoms with van der Waals surface area (Å²) in [5.74, 6) is 1.62. The first-order valence-corrected chi connectivity index (χ1v) is 10.2. The number of carbonyl (C=O) groups excluding carboxylic acids is 2. The molecule has 0 unspecified atom stereocenters. The Hall–Kier alpha value is -2.43. The van der Waals surface area contributed by atoms with E-state index in [1.165, 1.54) is 0 Å². The van der Waals surface area contributed by atoms with Crippen LogP contribution in [0.2, 0.25) is 0 Å². The molecule has 0 aromatic carbocycles. The van der Waals surface area contributed by atoms with E-state index in [9.17, 15) is 9.59 Å². The number of hydrogen-bond donors (Lipinski definition) is 1. The second-order valence-electron chi connectivity index (χ2n) is 7.06. The van der Waals surface area contributed by atoms with Crippen molar-refractivity contribution in [1.29, 1.82) is 0 Å². The molecule has 150 valence electrons. The second-order valence-corrected chi connectivity index (χ2v) is 7.81. The molecule has 2 aromatic rings. The number of carbonyl (C=O) groups is 2. The number of piperazine rings is 2. The molecular formula is C17H23BrN8O2. The quantitative estimate of drug-likeness (QED) is 0.662. The highest BCUT2D eigenvalue weighted by molar-refractivity contribution is 9.10. The number of halogens is 1. The van der Waals surface area contributed by atoms with Crippen LogP contribution in [0.25, 0.3) is 11.2 Å². The molecule has 0 bridgehead atoms. The summed E-state index contributed by atoms with van der Waals surface area (Å²) < 4.78 is 0.610. The van der Waals surface area contributed by atoms with E-state index in [2.05, 4.69) is 40.7 Å². The van der Waals surface area contributed by atoms with E-state index in [0.29, 0.717) is 68.7 Å². The third kappa shape index (κ3) is 3.62. The van der Waals surface area contributed by atoms with E-state index < -0.39 is 0 Å². The van der Waals surface area contributed by atoms with E-state index >= 15 is 0 Å². The fourth-order valence-corrected chi connectivity index (χ4v) is 4.03. The molecule has 28 heavy (non-hydrogen) atoms. The fourth-order valence-electron chi connectivity index (χ4n) is 3.67. The zero-order valence-corrected chi connectivity index (χ0v) is 17.6. The first kappa shape index (κ1) is 18.9. The summed E-state index contributed by atoms with van der Waals surface area (Å²) in [6.07, 6.45) is 0. The van der Waals surface area contributed by atoms with Gasteiger partial charge in [-0.1, -0.05) is 0 Å². The summed E-state index contributed by atoms with van der Waals surface area (Å²) >= 11 is 3.39. The molecule has 2 amide bonds. The Morgan fingerprint density at radius 1 is 0.821 bits per heavy atom. The molecule has 2 aliphatic rings. The molecular weight excluding hydrogens is 428 g/mol. The molecule has 0 atom stereocenters. The van der Waals surface area contributed by atoms with Gasteiger partial charge in [0.05, 0.1) is 0 Å². The van der Waals surface area contributed by atoms with Crippen molar-refractivity contribution in [1.82, 2.24) is 29.7 Å². The predicted molar refractivity (Wildman–Crippen MR) is 108 cm³/mol. The Labute approximate surface area is 171 Å². The van der Waals surface area contributed by atoms with Gasteiger partial charge in [0.15, 0.2) is 16.2 Å². The maximum Gasteiger partial charge on any atom is 0.229 e. The first-order valence-electron chi connectivity index (χ1n) is 9.36. The summed E-state index contributed by atoms with van der Waals surface area (Å²) in [6, 6.07) is 0. The van der Waals surface area contributed by atoms with Crippen molar-refractivity contribution < 1.29 is 9.59 Å². The van der Waals surface area contributed by atoms with Crippen LogP contribution in [0, 0.1) is 0 Å². The maximum absolute atomic E-state index is 11.6. The van der Waals surface area contributed by atoms with Crippen LogP contribution >= 0.6 is 15.9 Å². The largest absolute Gasteiger partial charge is 0.351 e. The van der Waals surface area contributed by atoms with Crippen LogP contribution in [0.3, 0.4) is 0 Å². The van der Waals surface area contributed by atoms with Crippen molar-refractivity contribution in [3.63, 3.8) is 0 Å². The highest BCUT2D eigenvalue weighted by atomic mass is 79.9. The minimum absolute atomic E-state index is 0.0938. The van der Waals surface area contributed by atoms with E-state index in [-0.39, 0.29) is 11.8 Å². The van der Waals surface area contributed by atoms with Crippen LogP contribution < -0.4 is 9.80 Å². The molecule has 2 aromatic heterocycles. The minimum atomic E-state index is 0.0938. The van der Waals surface area contributed by atoms with Crippen LogP contribution in [-0.2, 0) is 9.59 Å². The van der Waals surface area contributed by atoms with Crippen molar-refractivity contribution in [3.05, 3.63) is 4.73 Å². The monoisotopic (exact) mass is 450 g/mol. The van der Waals surface area contributed by atoms with Crippen LogP contribution in [0.15, 0.2) is 4.73 Å². The summed E-state index contributed by atoms with van der Waals surface area (Å²) in [7, 11) is 0. The van der Waals surface area contributed by atoms with Gasteiger partial charge < -0.3 is 24.6 Å². The maximum atomic E-state index is 11.6. The van der Waals surface area contributed by atoms with Crippen LogP contribution in [0.4, 0.5) is 11.8 Å². The molecule has 0 aliphatic carbocycles. The number of fused-ring (bicyclic) bond motifs is 1. The first-order chi connectivity index (χ1) is 13.4. The van der Waals surface area contributed by atoms with Crippen molar-refractivity contribution in [2.45, 2.75) is 13.8 Å². The third-order valence-electron chi connectivity index (χ3n) is 5.32. The minimum Gasteiger partial charge on any atom is -0.351 e. The zero-order chi connectivity index (χ0) is 19.8. The van der Waals surface area contributed by atoms with E-state index in [1.54, 1.807) is 13.8 Å². The summed E-state index contributed by atoms with van der Waals surface area (Å²) in [5, 5.41) is 0. The Morgan fingerprint density at radius 3 is 1.89 bits per heavy atom. The van der Waals surface area contributed by atoms with Gasteiger partial charge in [-0.3, -0.25) is 9.59 Å². The smallest absolute Gasteiger partial charge is 0.229 e. The molecule has 4 rings (SSSR count). The zero-order valence-electron chi connectivity index (χ0n) is 16.0. The Morgan fingerprint density at radius 2 is 1.36 bits per heavy atom. The summed E-state index contributed by atoms with van der Waals surface area (Å²) in [4.78, 5) is 48.3. The number of nitrogens with one attached hydrogen (secondary N) is 1. The number of aromatic amines is 1. The summed E-state index contributed by atoms with van der Waals surface area (Å²) in [5.41, 5.74) is 1.39. The Kier molecular flexibility index (Phi) is 5.09. The highest BCUT2D eigenvalue weighted by Crippen LogP contribution is 2.27. The molecule has 0 spiro atoms. The molecule has 2 aliphatic heterocycles. The van der Waals surface area contributed by atoms with Crippen LogP contribution in [-0.4, -0.2) is 93.9 Å². The average Bonchev–Trinajstić information content (AvgIpc) is 3.07. The normalized spacial score (nSPS) is 18.1. The van der Waals surface area contributed by atoms with E-state index in [1.807, 2.05) is 9.80 Å². The lowest BCUT2D eigenvalue weighted by atomic mass is 10.3. The number of hydrogen-bond acceptors (Lipinski definition) is 7. The van der Waals surface area contributed by atoms with Crippen molar-refractivity contribution in [2.75, 3.05) is 62.2 Å². The van der Waals surface area contributed by atoms with E-state index in [0.717, 1.165) is 11.3 Å². The van der Waals surface area contributed by atoms with Gasteiger partial charge >= 0.3 is 0 Å². The third-order valence-corrected chi connectivity index (χ3v) is 5.70. The number of H-pyrrole nitrogens is 1. The van der Waals surface area contributed by atoms with Crippen molar-refractivity contribution in [3.8, 4) is 0 Å². The lowest BCUT2D eigenvalue weighted by Gasteiger charge is -2.36. The van der Waals surface area contributed by atoms with E-state index in [4.69, 9.17) is 4.98 Å². The van der Waals surface area contributed by atoms with Gasteiger partial charge in [-0.15, -0.1) is 0 Å². The molecule has 2 saturated heterocycles. The van der Waals surface area contributed by atoms with Gasteiger partial charge in [0.2, 0.25) is 17.8 Å².